The van der Waals surface area contributed by atoms with Crippen LogP contribution in [0, 0.1) is 5.92 Å². The lowest BCUT2D eigenvalue weighted by Crippen LogP contribution is -2.41. The van der Waals surface area contributed by atoms with E-state index in [0.29, 0.717) is 25.7 Å². The van der Waals surface area contributed by atoms with E-state index < -0.39 is 0 Å². The molecule has 1 aliphatic carbocycles. The molecule has 2 fully saturated rings. The number of amides is 2. The predicted octanol–water partition coefficient (Wildman–Crippen LogP) is 3.73. The first kappa shape index (κ1) is 21.1. The number of benzene rings is 1. The fourth-order valence-corrected chi connectivity index (χ4v) is 4.27. The third-order valence-electron chi connectivity index (χ3n) is 5.76. The Kier molecular flexibility index (Phi) is 7.68. The van der Waals surface area contributed by atoms with Gasteiger partial charge in [-0.3, -0.25) is 9.59 Å². The number of ether oxygens (including phenoxy) is 1. The molecule has 0 spiro atoms. The molecule has 6 heteroatoms. The van der Waals surface area contributed by atoms with E-state index in [9.17, 15) is 9.59 Å². The van der Waals surface area contributed by atoms with Crippen LogP contribution in [0.25, 0.3) is 6.08 Å². The smallest absolute Gasteiger partial charge is 0.246 e. The van der Waals surface area contributed by atoms with E-state index in [1.807, 2.05) is 40.1 Å². The Morgan fingerprint density at radius 2 is 1.64 bits per heavy atom. The van der Waals surface area contributed by atoms with Gasteiger partial charge in [-0.15, -0.1) is 0 Å². The number of carbonyl (C=O) groups excluding carboxylic acids is 2. The number of hydrogen-bond acceptors (Lipinski definition) is 3. The average molecular weight is 449 g/mol. The average Bonchev–Trinajstić information content (AvgIpc) is 2.99. The Morgan fingerprint density at radius 1 is 1.00 bits per heavy atom. The van der Waals surface area contributed by atoms with Gasteiger partial charge in [0.15, 0.2) is 0 Å². The van der Waals surface area contributed by atoms with Crippen LogP contribution in [-0.2, 0) is 14.3 Å². The van der Waals surface area contributed by atoms with Crippen molar-refractivity contribution in [1.82, 2.24) is 9.80 Å². The van der Waals surface area contributed by atoms with Crippen molar-refractivity contribution >= 4 is 33.8 Å². The van der Waals surface area contributed by atoms with Gasteiger partial charge in [0.05, 0.1) is 6.10 Å². The highest BCUT2D eigenvalue weighted by atomic mass is 79.9. The van der Waals surface area contributed by atoms with Crippen molar-refractivity contribution in [3.63, 3.8) is 0 Å². The largest absolute Gasteiger partial charge is 0.381 e. The second kappa shape index (κ2) is 10.2. The van der Waals surface area contributed by atoms with Crippen LogP contribution in [0.1, 0.15) is 37.7 Å². The highest BCUT2D eigenvalue weighted by Crippen LogP contribution is 2.27. The minimum absolute atomic E-state index is 0.0119. The first-order valence-corrected chi connectivity index (χ1v) is 10.9. The zero-order valence-electron chi connectivity index (χ0n) is 16.5. The number of nitrogens with zero attached hydrogens (tertiary/aromatic N) is 2. The highest BCUT2D eigenvalue weighted by Gasteiger charge is 2.30. The van der Waals surface area contributed by atoms with E-state index in [0.717, 1.165) is 48.7 Å². The lowest BCUT2D eigenvalue weighted by molar-refractivity contribution is -0.137. The highest BCUT2D eigenvalue weighted by molar-refractivity contribution is 9.10. The first-order valence-electron chi connectivity index (χ1n) is 10.1. The number of halogens is 1. The molecule has 1 aromatic rings. The fraction of sp³-hybridized carbons (Fsp3) is 0.545. The molecule has 1 heterocycles. The molecule has 5 nitrogen and oxygen atoms in total. The Bertz CT molecular complexity index is 696. The summed E-state index contributed by atoms with van der Waals surface area (Å²) in [7, 11) is 1.75. The Balaban J connectivity index is 1.50. The molecular formula is C22H29BrN2O3. The molecule has 28 heavy (non-hydrogen) atoms. The topological polar surface area (TPSA) is 49.9 Å². The molecule has 2 amide bonds. The van der Waals surface area contributed by atoms with Gasteiger partial charge < -0.3 is 14.5 Å². The molecule has 1 saturated heterocycles. The van der Waals surface area contributed by atoms with Gasteiger partial charge in [-0.1, -0.05) is 28.1 Å². The molecule has 0 radical (unpaired) electrons. The molecule has 152 valence electrons. The summed E-state index contributed by atoms with van der Waals surface area (Å²) in [4.78, 5) is 29.2. The zero-order chi connectivity index (χ0) is 19.9. The third kappa shape index (κ3) is 5.67. The molecule has 0 atom stereocenters. The molecule has 0 bridgehead atoms. The lowest BCUT2D eigenvalue weighted by Gasteiger charge is -2.31. The van der Waals surface area contributed by atoms with E-state index in [4.69, 9.17) is 4.74 Å². The van der Waals surface area contributed by atoms with E-state index in [2.05, 4.69) is 15.9 Å². The number of hydrogen-bond donors (Lipinski definition) is 0. The second-order valence-corrected chi connectivity index (χ2v) is 8.51. The SMILES string of the molecule is COC1CCC(C(=O)N2CCCN(C(=O)/C=C/c3ccc(Br)cc3)CC2)CC1. The summed E-state index contributed by atoms with van der Waals surface area (Å²) in [5.74, 6) is 0.387. The second-order valence-electron chi connectivity index (χ2n) is 7.60. The number of rotatable bonds is 4. The minimum atomic E-state index is 0.0119. The van der Waals surface area contributed by atoms with Gasteiger partial charge in [-0.25, -0.2) is 0 Å². The monoisotopic (exact) mass is 448 g/mol. The fourth-order valence-electron chi connectivity index (χ4n) is 4.01. The summed E-state index contributed by atoms with van der Waals surface area (Å²) in [5, 5.41) is 0. The lowest BCUT2D eigenvalue weighted by atomic mass is 9.86. The minimum Gasteiger partial charge on any atom is -0.381 e. The van der Waals surface area contributed by atoms with Crippen LogP contribution in [0.3, 0.4) is 0 Å². The van der Waals surface area contributed by atoms with Crippen molar-refractivity contribution < 1.29 is 14.3 Å². The summed E-state index contributed by atoms with van der Waals surface area (Å²) in [5.41, 5.74) is 0.995. The van der Waals surface area contributed by atoms with Crippen molar-refractivity contribution in [2.45, 2.75) is 38.2 Å². The van der Waals surface area contributed by atoms with Gasteiger partial charge in [0, 0.05) is 49.8 Å². The van der Waals surface area contributed by atoms with Crippen molar-refractivity contribution in [1.29, 1.82) is 0 Å². The van der Waals surface area contributed by atoms with Gasteiger partial charge in [-0.2, -0.15) is 0 Å². The Hall–Kier alpha value is -1.66. The summed E-state index contributed by atoms with van der Waals surface area (Å²) >= 11 is 3.41. The molecule has 0 unspecified atom stereocenters. The molecule has 1 aromatic carbocycles. The zero-order valence-corrected chi connectivity index (χ0v) is 18.1. The van der Waals surface area contributed by atoms with Crippen molar-refractivity contribution in [2.75, 3.05) is 33.3 Å². The van der Waals surface area contributed by atoms with Gasteiger partial charge in [0.25, 0.3) is 0 Å². The van der Waals surface area contributed by atoms with Crippen LogP contribution in [0.15, 0.2) is 34.8 Å². The summed E-state index contributed by atoms with van der Waals surface area (Å²) in [6, 6.07) is 7.85. The maximum Gasteiger partial charge on any atom is 0.246 e. The normalized spacial score (nSPS) is 23.6. The van der Waals surface area contributed by atoms with Crippen LogP contribution in [0.2, 0.25) is 0 Å². The third-order valence-corrected chi connectivity index (χ3v) is 6.29. The number of methoxy groups -OCH3 is 1. The molecular weight excluding hydrogens is 420 g/mol. The summed E-state index contributed by atoms with van der Waals surface area (Å²) < 4.78 is 6.43. The Morgan fingerprint density at radius 3 is 2.32 bits per heavy atom. The molecule has 3 rings (SSSR count). The van der Waals surface area contributed by atoms with Crippen molar-refractivity contribution in [3.05, 3.63) is 40.4 Å². The standard InChI is InChI=1S/C22H29BrN2O3/c1-28-20-10-6-18(7-11-20)22(27)25-14-2-13-24(15-16-25)21(26)12-5-17-3-8-19(23)9-4-17/h3-5,8-9,12,18,20H,2,6-7,10-11,13-16H2,1H3/b12-5+. The molecule has 1 aliphatic heterocycles. The van der Waals surface area contributed by atoms with Crippen LogP contribution in [0.5, 0.6) is 0 Å². The first-order chi connectivity index (χ1) is 13.6. The number of carbonyl (C=O) groups is 2. The van der Waals surface area contributed by atoms with Gasteiger partial charge in [-0.05, 0) is 55.9 Å². The molecule has 0 N–H and O–H groups in total. The van der Waals surface area contributed by atoms with Crippen LogP contribution in [-0.4, -0.2) is 61.0 Å². The molecule has 2 aliphatic rings. The molecule has 0 aromatic heterocycles. The van der Waals surface area contributed by atoms with Crippen molar-refractivity contribution in [2.24, 2.45) is 5.92 Å². The molecule has 1 saturated carbocycles. The predicted molar refractivity (Wildman–Crippen MR) is 114 cm³/mol. The van der Waals surface area contributed by atoms with Crippen LogP contribution < -0.4 is 0 Å². The summed E-state index contributed by atoms with van der Waals surface area (Å²) in [6.45, 7) is 2.66. The maximum absolute atomic E-state index is 12.9. The van der Waals surface area contributed by atoms with Gasteiger partial charge in [0.1, 0.15) is 0 Å². The maximum atomic E-state index is 12.9. The van der Waals surface area contributed by atoms with Crippen LogP contribution in [0.4, 0.5) is 0 Å². The van der Waals surface area contributed by atoms with Gasteiger partial charge >= 0.3 is 0 Å². The van der Waals surface area contributed by atoms with E-state index in [1.54, 1.807) is 13.2 Å². The van der Waals surface area contributed by atoms with Gasteiger partial charge in [0.2, 0.25) is 11.8 Å². The van der Waals surface area contributed by atoms with E-state index in [1.165, 1.54) is 0 Å². The Labute approximate surface area is 175 Å². The van der Waals surface area contributed by atoms with Crippen LogP contribution >= 0.6 is 15.9 Å². The van der Waals surface area contributed by atoms with Crippen molar-refractivity contribution in [3.8, 4) is 0 Å². The van der Waals surface area contributed by atoms with E-state index in [-0.39, 0.29) is 17.7 Å². The summed E-state index contributed by atoms with van der Waals surface area (Å²) in [6.07, 6.45) is 8.36. The quantitative estimate of drug-likeness (QED) is 0.659. The van der Waals surface area contributed by atoms with E-state index >= 15 is 0 Å².